The average molecular weight is 236 g/mol. The zero-order valence-corrected chi connectivity index (χ0v) is 11.4. The molecule has 0 fully saturated rings. The number of nitrogens with zero attached hydrogens (tertiary/aromatic N) is 2. The van der Waals surface area contributed by atoms with Crippen molar-refractivity contribution >= 4 is 0 Å². The van der Waals surface area contributed by atoms with Crippen LogP contribution in [0.15, 0.2) is 6.07 Å². The highest BCUT2D eigenvalue weighted by Crippen LogP contribution is 2.04. The molecule has 17 heavy (non-hydrogen) atoms. The lowest BCUT2D eigenvalue weighted by molar-refractivity contribution is 0.535. The zero-order chi connectivity index (χ0) is 12.7. The van der Waals surface area contributed by atoms with Gasteiger partial charge in [-0.25, -0.2) is 0 Å². The summed E-state index contributed by atoms with van der Waals surface area (Å²) in [6.07, 6.45) is 0. The molecule has 0 radical (unpaired) electrons. The third-order valence-corrected chi connectivity index (χ3v) is 2.55. The van der Waals surface area contributed by atoms with Gasteiger partial charge in [0.25, 0.3) is 0 Å². The Morgan fingerprint density at radius 2 is 1.82 bits per heavy atom. The van der Waals surface area contributed by atoms with Gasteiger partial charge in [-0.1, -0.05) is 13.8 Å². The van der Waals surface area contributed by atoms with Gasteiger partial charge in [0, 0.05) is 19.6 Å². The Hall–Kier alpha value is -1.00. The Labute approximate surface area is 104 Å². The standard InChI is InChI=1S/C13H24N4/c1-10(2)8-14-5-6-15-9-13-7-11(3)16-17-12(13)4/h7,10,14-15H,5-6,8-9H2,1-4H3. The van der Waals surface area contributed by atoms with Crippen molar-refractivity contribution < 1.29 is 0 Å². The van der Waals surface area contributed by atoms with Crippen LogP contribution < -0.4 is 10.6 Å². The largest absolute Gasteiger partial charge is 0.315 e. The van der Waals surface area contributed by atoms with Crippen LogP contribution in [-0.2, 0) is 6.54 Å². The van der Waals surface area contributed by atoms with Gasteiger partial charge in [0.1, 0.15) is 0 Å². The van der Waals surface area contributed by atoms with Crippen molar-refractivity contribution in [2.24, 2.45) is 5.92 Å². The molecular weight excluding hydrogens is 212 g/mol. The Balaban J connectivity index is 2.20. The lowest BCUT2D eigenvalue weighted by atomic mass is 10.2. The third kappa shape index (κ3) is 5.75. The monoisotopic (exact) mass is 236 g/mol. The highest BCUT2D eigenvalue weighted by atomic mass is 15.1. The molecule has 1 aromatic rings. The minimum atomic E-state index is 0.712. The van der Waals surface area contributed by atoms with Crippen molar-refractivity contribution in [1.82, 2.24) is 20.8 Å². The average Bonchev–Trinajstić information content (AvgIpc) is 2.27. The molecule has 1 aromatic heterocycles. The first-order chi connectivity index (χ1) is 8.09. The van der Waals surface area contributed by atoms with E-state index in [2.05, 4.69) is 40.7 Å². The van der Waals surface area contributed by atoms with Crippen molar-refractivity contribution in [2.45, 2.75) is 34.2 Å². The summed E-state index contributed by atoms with van der Waals surface area (Å²) in [5, 5.41) is 15.0. The molecule has 0 saturated heterocycles. The molecule has 4 heteroatoms. The maximum Gasteiger partial charge on any atom is 0.0645 e. The van der Waals surface area contributed by atoms with E-state index in [1.165, 1.54) is 5.56 Å². The van der Waals surface area contributed by atoms with Crippen LogP contribution in [-0.4, -0.2) is 29.8 Å². The number of rotatable bonds is 7. The van der Waals surface area contributed by atoms with E-state index in [0.717, 1.165) is 37.6 Å². The summed E-state index contributed by atoms with van der Waals surface area (Å²) >= 11 is 0. The molecule has 0 spiro atoms. The molecule has 0 aliphatic rings. The molecule has 4 nitrogen and oxygen atoms in total. The fourth-order valence-corrected chi connectivity index (χ4v) is 1.57. The molecule has 0 aliphatic heterocycles. The predicted molar refractivity (Wildman–Crippen MR) is 70.9 cm³/mol. The van der Waals surface area contributed by atoms with Crippen LogP contribution in [0.1, 0.15) is 30.8 Å². The van der Waals surface area contributed by atoms with Crippen LogP contribution in [0.4, 0.5) is 0 Å². The number of hydrogen-bond donors (Lipinski definition) is 2. The van der Waals surface area contributed by atoms with E-state index in [4.69, 9.17) is 0 Å². The summed E-state index contributed by atoms with van der Waals surface area (Å²) in [7, 11) is 0. The number of hydrogen-bond acceptors (Lipinski definition) is 4. The van der Waals surface area contributed by atoms with E-state index < -0.39 is 0 Å². The minimum absolute atomic E-state index is 0.712. The summed E-state index contributed by atoms with van der Waals surface area (Å²) in [6.45, 7) is 12.3. The number of aromatic nitrogens is 2. The van der Waals surface area contributed by atoms with Crippen molar-refractivity contribution in [3.63, 3.8) is 0 Å². The molecule has 0 atom stereocenters. The molecule has 0 aliphatic carbocycles. The molecule has 0 saturated carbocycles. The second-order valence-corrected chi connectivity index (χ2v) is 4.87. The van der Waals surface area contributed by atoms with E-state index in [1.54, 1.807) is 0 Å². The van der Waals surface area contributed by atoms with Gasteiger partial charge in [-0.3, -0.25) is 0 Å². The van der Waals surface area contributed by atoms with Crippen LogP contribution in [0, 0.1) is 19.8 Å². The van der Waals surface area contributed by atoms with Crippen molar-refractivity contribution in [3.05, 3.63) is 23.0 Å². The number of aryl methyl sites for hydroxylation is 2. The van der Waals surface area contributed by atoms with E-state index in [0.29, 0.717) is 5.92 Å². The smallest absolute Gasteiger partial charge is 0.0645 e. The lowest BCUT2D eigenvalue weighted by Gasteiger charge is -2.09. The molecule has 0 unspecified atom stereocenters. The van der Waals surface area contributed by atoms with Crippen molar-refractivity contribution in [2.75, 3.05) is 19.6 Å². The fraction of sp³-hybridized carbons (Fsp3) is 0.692. The van der Waals surface area contributed by atoms with E-state index in [1.807, 2.05) is 13.8 Å². The van der Waals surface area contributed by atoms with Gasteiger partial charge >= 0.3 is 0 Å². The van der Waals surface area contributed by atoms with Crippen LogP contribution in [0.5, 0.6) is 0 Å². The zero-order valence-electron chi connectivity index (χ0n) is 11.4. The van der Waals surface area contributed by atoms with Crippen LogP contribution >= 0.6 is 0 Å². The Morgan fingerprint density at radius 1 is 1.12 bits per heavy atom. The maximum absolute atomic E-state index is 4.11. The van der Waals surface area contributed by atoms with Gasteiger partial charge in [0.05, 0.1) is 11.4 Å². The molecular formula is C13H24N4. The second kappa shape index (κ2) is 7.35. The molecule has 0 amide bonds. The fourth-order valence-electron chi connectivity index (χ4n) is 1.57. The quantitative estimate of drug-likeness (QED) is 0.703. The van der Waals surface area contributed by atoms with Gasteiger partial charge in [0.15, 0.2) is 0 Å². The Kier molecular flexibility index (Phi) is 6.08. The van der Waals surface area contributed by atoms with Gasteiger partial charge in [0.2, 0.25) is 0 Å². The highest BCUT2D eigenvalue weighted by Gasteiger charge is 2.00. The normalized spacial score (nSPS) is 11.1. The minimum Gasteiger partial charge on any atom is -0.315 e. The van der Waals surface area contributed by atoms with E-state index in [-0.39, 0.29) is 0 Å². The summed E-state index contributed by atoms with van der Waals surface area (Å²) in [4.78, 5) is 0. The van der Waals surface area contributed by atoms with Crippen LogP contribution in [0.25, 0.3) is 0 Å². The molecule has 0 aromatic carbocycles. The first-order valence-electron chi connectivity index (χ1n) is 6.31. The summed E-state index contributed by atoms with van der Waals surface area (Å²) in [5.41, 5.74) is 3.23. The van der Waals surface area contributed by atoms with Crippen LogP contribution in [0.2, 0.25) is 0 Å². The first-order valence-corrected chi connectivity index (χ1v) is 6.31. The molecule has 1 heterocycles. The van der Waals surface area contributed by atoms with E-state index >= 15 is 0 Å². The van der Waals surface area contributed by atoms with Gasteiger partial charge in [-0.05, 0) is 37.9 Å². The van der Waals surface area contributed by atoms with Gasteiger partial charge in [-0.15, -0.1) is 0 Å². The lowest BCUT2D eigenvalue weighted by Crippen LogP contribution is -2.29. The summed E-state index contributed by atoms with van der Waals surface area (Å²) < 4.78 is 0. The molecule has 0 bridgehead atoms. The van der Waals surface area contributed by atoms with Crippen molar-refractivity contribution in [3.8, 4) is 0 Å². The second-order valence-electron chi connectivity index (χ2n) is 4.87. The van der Waals surface area contributed by atoms with E-state index in [9.17, 15) is 0 Å². The van der Waals surface area contributed by atoms with Gasteiger partial charge < -0.3 is 10.6 Å². The Bertz CT molecular complexity index is 336. The first kappa shape index (κ1) is 14.1. The topological polar surface area (TPSA) is 49.8 Å². The summed E-state index contributed by atoms with van der Waals surface area (Å²) in [5.74, 6) is 0.712. The maximum atomic E-state index is 4.11. The molecule has 96 valence electrons. The summed E-state index contributed by atoms with van der Waals surface area (Å²) in [6, 6.07) is 2.09. The Morgan fingerprint density at radius 3 is 2.53 bits per heavy atom. The SMILES string of the molecule is Cc1cc(CNCCNCC(C)C)c(C)nn1. The van der Waals surface area contributed by atoms with Crippen LogP contribution in [0.3, 0.4) is 0 Å². The third-order valence-electron chi connectivity index (χ3n) is 2.55. The van der Waals surface area contributed by atoms with Crippen molar-refractivity contribution in [1.29, 1.82) is 0 Å². The molecule has 1 rings (SSSR count). The number of nitrogens with one attached hydrogen (secondary N) is 2. The van der Waals surface area contributed by atoms with Gasteiger partial charge in [-0.2, -0.15) is 10.2 Å². The highest BCUT2D eigenvalue weighted by molar-refractivity contribution is 5.19. The molecule has 2 N–H and O–H groups in total. The predicted octanol–water partition coefficient (Wildman–Crippen LogP) is 1.43.